The van der Waals surface area contributed by atoms with E-state index in [1.807, 2.05) is 72.8 Å². The Morgan fingerprint density at radius 1 is 0.837 bits per heavy atom. The predicted octanol–water partition coefficient (Wildman–Crippen LogP) is 5.54. The molecular formula is C32H22N8O3. The van der Waals surface area contributed by atoms with Gasteiger partial charge in [0.15, 0.2) is 23.0 Å². The highest BCUT2D eigenvalue weighted by Gasteiger charge is 2.20. The molecule has 0 spiro atoms. The van der Waals surface area contributed by atoms with E-state index in [0.29, 0.717) is 51.1 Å². The van der Waals surface area contributed by atoms with Crippen LogP contribution >= 0.6 is 0 Å². The second kappa shape index (κ2) is 10.1. The molecule has 0 aliphatic carbocycles. The highest BCUT2D eigenvalue weighted by molar-refractivity contribution is 5.96. The first-order valence-electron chi connectivity index (χ1n) is 13.6. The summed E-state index contributed by atoms with van der Waals surface area (Å²) in [5.74, 6) is 1.82. The van der Waals surface area contributed by atoms with E-state index in [0.717, 1.165) is 27.7 Å². The summed E-state index contributed by atoms with van der Waals surface area (Å²) in [6.07, 6.45) is 5.35. The number of nitrogens with zero attached hydrogens (tertiary/aromatic N) is 5. The molecule has 2 aromatic carbocycles. The zero-order chi connectivity index (χ0) is 28.8. The smallest absolute Gasteiger partial charge is 0.231 e. The molecule has 1 aliphatic rings. The molecule has 0 saturated carbocycles. The Morgan fingerprint density at radius 3 is 2.65 bits per heavy atom. The molecule has 1 aliphatic heterocycles. The maximum absolute atomic E-state index is 12.6. The summed E-state index contributed by atoms with van der Waals surface area (Å²) in [4.78, 5) is 34.7. The molecule has 0 bridgehead atoms. The van der Waals surface area contributed by atoms with Crippen LogP contribution < -0.4 is 14.8 Å². The zero-order valence-electron chi connectivity index (χ0n) is 22.5. The number of pyridine rings is 3. The van der Waals surface area contributed by atoms with Crippen LogP contribution in [0.1, 0.15) is 5.56 Å². The van der Waals surface area contributed by atoms with Crippen LogP contribution in [0.4, 0.5) is 5.69 Å². The number of benzene rings is 2. The van der Waals surface area contributed by atoms with Gasteiger partial charge in [0.2, 0.25) is 12.7 Å². The van der Waals surface area contributed by atoms with Crippen LogP contribution in [0, 0.1) is 0 Å². The molecule has 5 aromatic heterocycles. The largest absolute Gasteiger partial charge is 0.454 e. The Bertz CT molecular complexity index is 2160. The van der Waals surface area contributed by atoms with Gasteiger partial charge in [0, 0.05) is 23.5 Å². The summed E-state index contributed by atoms with van der Waals surface area (Å²) in [5, 5.41) is 10.5. The molecular weight excluding hydrogens is 544 g/mol. The third-order valence-corrected chi connectivity index (χ3v) is 7.20. The van der Waals surface area contributed by atoms with Crippen molar-refractivity contribution in [3.8, 4) is 45.5 Å². The van der Waals surface area contributed by atoms with Crippen molar-refractivity contribution in [1.82, 2.24) is 35.1 Å². The van der Waals surface area contributed by atoms with Crippen molar-refractivity contribution in [2.45, 2.75) is 6.42 Å². The van der Waals surface area contributed by atoms with E-state index < -0.39 is 0 Å². The average Bonchev–Trinajstić information content (AvgIpc) is 3.79. The normalized spacial score (nSPS) is 12.2. The summed E-state index contributed by atoms with van der Waals surface area (Å²) in [6.45, 7) is 0.202. The van der Waals surface area contributed by atoms with Gasteiger partial charge < -0.3 is 19.8 Å². The van der Waals surface area contributed by atoms with E-state index in [1.165, 1.54) is 0 Å². The Labute approximate surface area is 244 Å². The van der Waals surface area contributed by atoms with E-state index >= 15 is 0 Å². The third kappa shape index (κ3) is 4.58. The second-order valence-corrected chi connectivity index (χ2v) is 10.0. The molecule has 11 heteroatoms. The number of fused-ring (bicyclic) bond motifs is 3. The number of aromatic amines is 2. The molecule has 0 radical (unpaired) electrons. The number of aromatic nitrogens is 7. The third-order valence-electron chi connectivity index (χ3n) is 7.20. The van der Waals surface area contributed by atoms with E-state index in [1.54, 1.807) is 18.6 Å². The monoisotopic (exact) mass is 566 g/mol. The topological polar surface area (TPSA) is 144 Å². The van der Waals surface area contributed by atoms with E-state index in [4.69, 9.17) is 19.4 Å². The number of carbonyl (C=O) groups excluding carboxylic acids is 1. The SMILES string of the molecule is O=C(Cc1ccccc1)Nc1cncc(-c2ccc3[nH]nc(-c4nc5c(-c6ccc7c(c6)OCO7)nccc5[nH]4)c3n2)c1. The minimum Gasteiger partial charge on any atom is -0.454 e. The fourth-order valence-electron chi connectivity index (χ4n) is 5.16. The van der Waals surface area contributed by atoms with Crippen molar-refractivity contribution < 1.29 is 14.3 Å². The lowest BCUT2D eigenvalue weighted by molar-refractivity contribution is -0.115. The van der Waals surface area contributed by atoms with Gasteiger partial charge in [0.05, 0.1) is 40.7 Å². The number of hydrogen-bond donors (Lipinski definition) is 3. The lowest BCUT2D eigenvalue weighted by atomic mass is 10.1. The van der Waals surface area contributed by atoms with Crippen molar-refractivity contribution in [3.05, 3.63) is 97.0 Å². The first-order valence-corrected chi connectivity index (χ1v) is 13.6. The fraction of sp³-hybridized carbons (Fsp3) is 0.0625. The van der Waals surface area contributed by atoms with Crippen molar-refractivity contribution in [2.75, 3.05) is 12.1 Å². The summed E-state index contributed by atoms with van der Waals surface area (Å²) >= 11 is 0. The van der Waals surface area contributed by atoms with Crippen LogP contribution in [-0.4, -0.2) is 47.8 Å². The predicted molar refractivity (Wildman–Crippen MR) is 160 cm³/mol. The zero-order valence-corrected chi connectivity index (χ0v) is 22.5. The van der Waals surface area contributed by atoms with Gasteiger partial charge in [-0.1, -0.05) is 30.3 Å². The van der Waals surface area contributed by atoms with Crippen molar-refractivity contribution in [3.63, 3.8) is 0 Å². The number of nitrogens with one attached hydrogen (secondary N) is 3. The molecule has 7 aromatic rings. The number of imidazole rings is 1. The van der Waals surface area contributed by atoms with Crippen LogP contribution in [0.25, 0.3) is 56.1 Å². The van der Waals surface area contributed by atoms with E-state index in [9.17, 15) is 4.79 Å². The van der Waals surface area contributed by atoms with Crippen LogP contribution in [0.3, 0.4) is 0 Å². The highest BCUT2D eigenvalue weighted by atomic mass is 16.7. The van der Waals surface area contributed by atoms with Crippen molar-refractivity contribution in [2.24, 2.45) is 0 Å². The number of carbonyl (C=O) groups is 1. The molecule has 0 fully saturated rings. The number of hydrogen-bond acceptors (Lipinski definition) is 8. The van der Waals surface area contributed by atoms with Gasteiger partial charge in [-0.15, -0.1) is 0 Å². The maximum Gasteiger partial charge on any atom is 0.231 e. The molecule has 0 atom stereocenters. The maximum atomic E-state index is 12.6. The average molecular weight is 567 g/mol. The van der Waals surface area contributed by atoms with Crippen LogP contribution in [0.15, 0.2) is 91.4 Å². The van der Waals surface area contributed by atoms with Gasteiger partial charge >= 0.3 is 0 Å². The minimum atomic E-state index is -0.120. The highest BCUT2D eigenvalue weighted by Crippen LogP contribution is 2.37. The molecule has 43 heavy (non-hydrogen) atoms. The van der Waals surface area contributed by atoms with Gasteiger partial charge in [0.1, 0.15) is 11.0 Å². The molecule has 8 rings (SSSR count). The summed E-state index contributed by atoms with van der Waals surface area (Å²) in [6, 6.07) is 22.8. The number of H-pyrrole nitrogens is 2. The Kier molecular flexibility index (Phi) is 5.78. The number of rotatable bonds is 6. The fourth-order valence-corrected chi connectivity index (χ4v) is 5.16. The lowest BCUT2D eigenvalue weighted by Gasteiger charge is -2.07. The number of amides is 1. The molecule has 0 saturated heterocycles. The first-order chi connectivity index (χ1) is 21.2. The van der Waals surface area contributed by atoms with Crippen LogP contribution in [0.5, 0.6) is 11.5 Å². The van der Waals surface area contributed by atoms with E-state index in [2.05, 4.69) is 30.5 Å². The molecule has 1 amide bonds. The molecule has 6 heterocycles. The second-order valence-electron chi connectivity index (χ2n) is 10.0. The van der Waals surface area contributed by atoms with Crippen LogP contribution in [-0.2, 0) is 11.2 Å². The molecule has 208 valence electrons. The summed E-state index contributed by atoms with van der Waals surface area (Å²) in [7, 11) is 0. The van der Waals surface area contributed by atoms with E-state index in [-0.39, 0.29) is 19.1 Å². The van der Waals surface area contributed by atoms with Gasteiger partial charge in [-0.25, -0.2) is 9.97 Å². The number of anilines is 1. The molecule has 11 nitrogen and oxygen atoms in total. The quantitative estimate of drug-likeness (QED) is 0.238. The summed E-state index contributed by atoms with van der Waals surface area (Å²) < 4.78 is 11.0. The number of ether oxygens (including phenoxy) is 2. The van der Waals surface area contributed by atoms with Gasteiger partial charge in [-0.2, -0.15) is 5.10 Å². The van der Waals surface area contributed by atoms with Gasteiger partial charge in [0.25, 0.3) is 0 Å². The van der Waals surface area contributed by atoms with Gasteiger partial charge in [-0.3, -0.25) is 19.9 Å². The lowest BCUT2D eigenvalue weighted by Crippen LogP contribution is -2.14. The molecule has 0 unspecified atom stereocenters. The van der Waals surface area contributed by atoms with Crippen molar-refractivity contribution in [1.29, 1.82) is 0 Å². The summed E-state index contributed by atoms with van der Waals surface area (Å²) in [5.41, 5.74) is 8.03. The Balaban J connectivity index is 1.11. The minimum absolute atomic E-state index is 0.120. The first kappa shape index (κ1) is 24.7. The Hall–Kier alpha value is -6.10. The Morgan fingerprint density at radius 2 is 1.72 bits per heavy atom. The van der Waals surface area contributed by atoms with Crippen LogP contribution in [0.2, 0.25) is 0 Å². The molecule has 3 N–H and O–H groups in total. The van der Waals surface area contributed by atoms with Gasteiger partial charge in [-0.05, 0) is 48.0 Å². The standard InChI is InChI=1S/C32H22N8O3/c41-27(12-18-4-2-1-3-5-18)35-21-13-20(15-33-16-21)22-7-8-24-30(36-22)31(40-39-24)32-37-23-10-11-34-28(29(23)38-32)19-6-9-25-26(14-19)43-17-42-25/h1-11,13-16H,12,17H2,(H,35,41)(H,37,38)(H,39,40). The van der Waals surface area contributed by atoms with Crippen molar-refractivity contribution >= 4 is 33.7 Å².